The molecular weight excluding hydrogens is 368 g/mol. The lowest BCUT2D eigenvalue weighted by Gasteiger charge is -2.12. The number of halogens is 1. The summed E-state index contributed by atoms with van der Waals surface area (Å²) in [5, 5.41) is 3.47. The normalized spacial score (nSPS) is 15.2. The summed E-state index contributed by atoms with van der Waals surface area (Å²) in [6, 6.07) is 10.3. The third-order valence-electron chi connectivity index (χ3n) is 4.73. The van der Waals surface area contributed by atoms with Crippen molar-refractivity contribution >= 4 is 32.8 Å². The lowest BCUT2D eigenvalue weighted by atomic mass is 10.2. The van der Waals surface area contributed by atoms with Gasteiger partial charge >= 0.3 is 5.69 Å². The van der Waals surface area contributed by atoms with E-state index in [1.54, 1.807) is 22.4 Å². The fourth-order valence-electron chi connectivity index (χ4n) is 3.45. The van der Waals surface area contributed by atoms with Gasteiger partial charge in [0.2, 0.25) is 0 Å². The number of anilines is 1. The van der Waals surface area contributed by atoms with Crippen LogP contribution < -0.4 is 11.0 Å². The molecule has 1 saturated carbocycles. The smallest absolute Gasteiger partial charge is 0.333 e. The minimum atomic E-state index is -0.0681. The Morgan fingerprint density at radius 1 is 1.17 bits per heavy atom. The molecule has 0 amide bonds. The van der Waals surface area contributed by atoms with E-state index in [-0.39, 0.29) is 5.69 Å². The van der Waals surface area contributed by atoms with Gasteiger partial charge in [-0.2, -0.15) is 0 Å². The van der Waals surface area contributed by atoms with E-state index in [0.717, 1.165) is 27.0 Å². The molecule has 0 unspecified atom stereocenters. The molecule has 0 atom stereocenters. The van der Waals surface area contributed by atoms with Gasteiger partial charge in [0.15, 0.2) is 0 Å². The number of hydrogen-bond donors (Lipinski definition) is 1. The number of nitrogens with one attached hydrogen (secondary N) is 1. The Kier molecular flexibility index (Phi) is 3.92. The Morgan fingerprint density at radius 2 is 1.96 bits per heavy atom. The summed E-state index contributed by atoms with van der Waals surface area (Å²) in [7, 11) is 1.79. The molecule has 2 aromatic heterocycles. The number of pyridine rings is 1. The summed E-state index contributed by atoms with van der Waals surface area (Å²) in [5.41, 5.74) is 2.48. The van der Waals surface area contributed by atoms with Crippen molar-refractivity contribution in [1.82, 2.24) is 14.1 Å². The number of aromatic nitrogens is 3. The van der Waals surface area contributed by atoms with E-state index in [0.29, 0.717) is 6.04 Å². The van der Waals surface area contributed by atoms with Gasteiger partial charge in [-0.3, -0.25) is 9.13 Å². The number of hydrogen-bond acceptors (Lipinski definition) is 3. The molecule has 3 aromatic rings. The summed E-state index contributed by atoms with van der Waals surface area (Å²) in [6.07, 6.45) is 6.76. The second kappa shape index (κ2) is 6.09. The Morgan fingerprint density at radius 3 is 2.67 bits per heavy atom. The zero-order valence-corrected chi connectivity index (χ0v) is 15.1. The van der Waals surface area contributed by atoms with E-state index in [2.05, 4.69) is 26.2 Å². The van der Waals surface area contributed by atoms with Gasteiger partial charge in [0, 0.05) is 17.6 Å². The maximum Gasteiger partial charge on any atom is 0.333 e. The van der Waals surface area contributed by atoms with Gasteiger partial charge in [0.25, 0.3) is 0 Å². The van der Waals surface area contributed by atoms with Crippen LogP contribution in [-0.2, 0) is 7.05 Å². The van der Waals surface area contributed by atoms with Gasteiger partial charge < -0.3 is 5.32 Å². The Labute approximate surface area is 148 Å². The Balaban J connectivity index is 1.73. The molecule has 1 aliphatic carbocycles. The van der Waals surface area contributed by atoms with Crippen LogP contribution in [0.1, 0.15) is 25.7 Å². The van der Waals surface area contributed by atoms with Crippen molar-refractivity contribution in [3.63, 3.8) is 0 Å². The highest BCUT2D eigenvalue weighted by Crippen LogP contribution is 2.23. The molecule has 0 radical (unpaired) electrons. The van der Waals surface area contributed by atoms with E-state index in [9.17, 15) is 4.79 Å². The molecular formula is C18H19BrN4O. The lowest BCUT2D eigenvalue weighted by molar-refractivity contribution is 0.750. The highest BCUT2D eigenvalue weighted by molar-refractivity contribution is 9.10. The standard InChI is InChI=1S/C18H19BrN4O/c1-22-15-8-6-12(19)10-16(15)23(18(22)24)14-7-9-17(20-11-14)21-13-4-2-3-5-13/h6-11,13H,2-5H2,1H3,(H,20,21). The molecule has 4 rings (SSSR count). The summed E-state index contributed by atoms with van der Waals surface area (Å²) in [5.74, 6) is 0.875. The van der Waals surface area contributed by atoms with Crippen LogP contribution in [0.15, 0.2) is 45.8 Å². The maximum absolute atomic E-state index is 12.6. The number of fused-ring (bicyclic) bond motifs is 1. The van der Waals surface area contributed by atoms with Crippen LogP contribution in [0.2, 0.25) is 0 Å². The minimum Gasteiger partial charge on any atom is -0.367 e. The fraction of sp³-hybridized carbons (Fsp3) is 0.333. The Hall–Kier alpha value is -2.08. The van der Waals surface area contributed by atoms with Crippen LogP contribution in [-0.4, -0.2) is 20.2 Å². The van der Waals surface area contributed by atoms with Gasteiger partial charge in [0.1, 0.15) is 5.82 Å². The number of rotatable bonds is 3. The Bertz CT molecular complexity index is 936. The van der Waals surface area contributed by atoms with Gasteiger partial charge in [-0.1, -0.05) is 28.8 Å². The summed E-state index contributed by atoms with van der Waals surface area (Å²) in [6.45, 7) is 0. The lowest BCUT2D eigenvalue weighted by Crippen LogP contribution is -2.21. The quantitative estimate of drug-likeness (QED) is 0.743. The number of aryl methyl sites for hydroxylation is 1. The van der Waals surface area contributed by atoms with Crippen LogP contribution in [0.4, 0.5) is 5.82 Å². The first kappa shape index (κ1) is 15.4. The minimum absolute atomic E-state index is 0.0681. The fourth-order valence-corrected chi connectivity index (χ4v) is 3.80. The van der Waals surface area contributed by atoms with Gasteiger partial charge in [0.05, 0.1) is 22.9 Å². The predicted octanol–water partition coefficient (Wildman–Crippen LogP) is 3.84. The number of benzene rings is 1. The van der Waals surface area contributed by atoms with E-state index in [1.165, 1.54) is 25.7 Å². The molecule has 1 aromatic carbocycles. The highest BCUT2D eigenvalue weighted by Gasteiger charge is 2.16. The van der Waals surface area contributed by atoms with Crippen LogP contribution in [0, 0.1) is 0 Å². The SMILES string of the molecule is Cn1c(=O)n(-c2ccc(NC3CCCC3)nc2)c2cc(Br)ccc21. The molecule has 2 heterocycles. The molecule has 1 fully saturated rings. The zero-order chi connectivity index (χ0) is 16.7. The van der Waals surface area contributed by atoms with Crippen molar-refractivity contribution in [3.05, 3.63) is 51.5 Å². The molecule has 0 spiro atoms. The van der Waals surface area contributed by atoms with Crippen molar-refractivity contribution in [2.24, 2.45) is 7.05 Å². The van der Waals surface area contributed by atoms with Gasteiger partial charge in [-0.15, -0.1) is 0 Å². The van der Waals surface area contributed by atoms with Crippen molar-refractivity contribution in [1.29, 1.82) is 0 Å². The molecule has 24 heavy (non-hydrogen) atoms. The largest absolute Gasteiger partial charge is 0.367 e. The second-order valence-corrected chi connectivity index (χ2v) is 7.25. The molecule has 1 aliphatic rings. The first-order chi connectivity index (χ1) is 11.6. The molecule has 1 N–H and O–H groups in total. The second-order valence-electron chi connectivity index (χ2n) is 6.34. The van der Waals surface area contributed by atoms with Crippen molar-refractivity contribution in [2.45, 2.75) is 31.7 Å². The van der Waals surface area contributed by atoms with E-state index >= 15 is 0 Å². The molecule has 5 nitrogen and oxygen atoms in total. The van der Waals surface area contributed by atoms with Crippen molar-refractivity contribution < 1.29 is 0 Å². The molecule has 0 bridgehead atoms. The summed E-state index contributed by atoms with van der Waals surface area (Å²) in [4.78, 5) is 17.1. The van der Waals surface area contributed by atoms with E-state index in [1.807, 2.05) is 30.3 Å². The predicted molar refractivity (Wildman–Crippen MR) is 99.9 cm³/mol. The number of nitrogens with zero attached hydrogens (tertiary/aromatic N) is 3. The van der Waals surface area contributed by atoms with Crippen LogP contribution in [0.5, 0.6) is 0 Å². The monoisotopic (exact) mass is 386 g/mol. The first-order valence-electron chi connectivity index (χ1n) is 8.23. The third kappa shape index (κ3) is 2.65. The highest BCUT2D eigenvalue weighted by atomic mass is 79.9. The van der Waals surface area contributed by atoms with Gasteiger partial charge in [-0.05, 0) is 43.2 Å². The van der Waals surface area contributed by atoms with E-state index < -0.39 is 0 Å². The van der Waals surface area contributed by atoms with Crippen LogP contribution >= 0.6 is 15.9 Å². The number of imidazole rings is 1. The van der Waals surface area contributed by atoms with Crippen molar-refractivity contribution in [3.8, 4) is 5.69 Å². The molecule has 124 valence electrons. The average molecular weight is 387 g/mol. The first-order valence-corrected chi connectivity index (χ1v) is 9.03. The van der Waals surface area contributed by atoms with Crippen molar-refractivity contribution in [2.75, 3.05) is 5.32 Å². The van der Waals surface area contributed by atoms with Crippen LogP contribution in [0.3, 0.4) is 0 Å². The molecule has 6 heteroatoms. The average Bonchev–Trinajstić information content (AvgIpc) is 3.16. The van der Waals surface area contributed by atoms with Gasteiger partial charge in [-0.25, -0.2) is 9.78 Å². The summed E-state index contributed by atoms with van der Waals surface area (Å²) >= 11 is 3.48. The van der Waals surface area contributed by atoms with E-state index in [4.69, 9.17) is 0 Å². The maximum atomic E-state index is 12.6. The zero-order valence-electron chi connectivity index (χ0n) is 13.5. The molecule has 0 aliphatic heterocycles. The molecule has 0 saturated heterocycles. The summed E-state index contributed by atoms with van der Waals surface area (Å²) < 4.78 is 4.31. The van der Waals surface area contributed by atoms with Crippen LogP contribution in [0.25, 0.3) is 16.7 Å². The third-order valence-corrected chi connectivity index (χ3v) is 5.22. The topological polar surface area (TPSA) is 51.9 Å².